The molecule has 1 aliphatic rings. The van der Waals surface area contributed by atoms with E-state index in [1.807, 2.05) is 59.2 Å². The number of carbonyl (C=O) groups is 1. The number of hydrogen-bond acceptors (Lipinski definition) is 3. The second-order valence-electron chi connectivity index (χ2n) is 10.9. The Balaban J connectivity index is 1.73. The van der Waals surface area contributed by atoms with Crippen LogP contribution in [0.5, 0.6) is 5.75 Å². The Labute approximate surface area is 212 Å². The molecule has 0 spiro atoms. The molecule has 1 aromatic heterocycles. The summed E-state index contributed by atoms with van der Waals surface area (Å²) in [6.45, 7) is 6.88. The van der Waals surface area contributed by atoms with Gasteiger partial charge in [0.25, 0.3) is 0 Å². The van der Waals surface area contributed by atoms with Crippen molar-refractivity contribution >= 4 is 16.9 Å². The molecule has 0 aliphatic heterocycles. The van der Waals surface area contributed by atoms with E-state index in [9.17, 15) is 15.0 Å². The first-order valence-corrected chi connectivity index (χ1v) is 12.5. The number of rotatable bonds is 7. The molecule has 1 fully saturated rings. The zero-order valence-corrected chi connectivity index (χ0v) is 21.3. The fraction of sp³-hybridized carbons (Fsp3) is 0.323. The number of benzene rings is 3. The van der Waals surface area contributed by atoms with Gasteiger partial charge in [-0.1, -0.05) is 63.2 Å². The van der Waals surface area contributed by atoms with Gasteiger partial charge in [-0.05, 0) is 70.7 Å². The number of aliphatic hydroxyl groups is 1. The lowest BCUT2D eigenvalue weighted by Crippen LogP contribution is -2.11. The van der Waals surface area contributed by atoms with Crippen molar-refractivity contribution in [1.29, 1.82) is 0 Å². The Morgan fingerprint density at radius 2 is 1.78 bits per heavy atom. The maximum Gasteiger partial charge on any atom is 0.353 e. The fourth-order valence-corrected chi connectivity index (χ4v) is 5.01. The van der Waals surface area contributed by atoms with E-state index >= 15 is 0 Å². The molecule has 0 saturated heterocycles. The van der Waals surface area contributed by atoms with E-state index in [2.05, 4.69) is 32.9 Å². The van der Waals surface area contributed by atoms with E-state index in [0.717, 1.165) is 46.2 Å². The monoisotopic (exact) mass is 483 g/mol. The molecule has 5 nitrogen and oxygen atoms in total. The number of aromatic carboxylic acids is 1. The fourth-order valence-electron chi connectivity index (χ4n) is 5.01. The van der Waals surface area contributed by atoms with Gasteiger partial charge in [0.05, 0.1) is 13.2 Å². The van der Waals surface area contributed by atoms with Crippen LogP contribution in [0.4, 0.5) is 0 Å². The first-order chi connectivity index (χ1) is 17.2. The van der Waals surface area contributed by atoms with Crippen LogP contribution in [0.3, 0.4) is 0 Å². The molecule has 0 bridgehead atoms. The molecule has 36 heavy (non-hydrogen) atoms. The molecule has 3 aromatic carbocycles. The van der Waals surface area contributed by atoms with Crippen molar-refractivity contribution in [2.45, 2.75) is 51.7 Å². The van der Waals surface area contributed by atoms with Gasteiger partial charge < -0.3 is 19.5 Å². The second kappa shape index (κ2) is 9.14. The lowest BCUT2D eigenvalue weighted by Gasteiger charge is -2.19. The van der Waals surface area contributed by atoms with Gasteiger partial charge in [0.15, 0.2) is 0 Å². The molecule has 4 aromatic rings. The van der Waals surface area contributed by atoms with E-state index in [1.165, 1.54) is 5.56 Å². The number of fused-ring (bicyclic) bond motifs is 1. The molecule has 2 N–H and O–H groups in total. The highest BCUT2D eigenvalue weighted by molar-refractivity contribution is 6.08. The maximum absolute atomic E-state index is 12.8. The first-order valence-electron chi connectivity index (χ1n) is 12.5. The number of nitrogens with zero attached hydrogens (tertiary/aromatic N) is 1. The highest BCUT2D eigenvalue weighted by atomic mass is 16.5. The molecule has 1 saturated carbocycles. The Hall–Kier alpha value is -3.57. The molecule has 186 valence electrons. The van der Waals surface area contributed by atoms with Gasteiger partial charge in [-0.25, -0.2) is 4.79 Å². The van der Waals surface area contributed by atoms with E-state index in [0.29, 0.717) is 12.1 Å². The van der Waals surface area contributed by atoms with Crippen molar-refractivity contribution in [2.75, 3.05) is 7.11 Å². The van der Waals surface area contributed by atoms with Crippen LogP contribution in [0.2, 0.25) is 0 Å². The van der Waals surface area contributed by atoms with Crippen molar-refractivity contribution in [3.8, 4) is 16.9 Å². The first kappa shape index (κ1) is 24.1. The molecule has 1 heterocycles. The summed E-state index contributed by atoms with van der Waals surface area (Å²) >= 11 is 0. The van der Waals surface area contributed by atoms with Gasteiger partial charge in [-0.3, -0.25) is 0 Å². The van der Waals surface area contributed by atoms with E-state index < -0.39 is 12.1 Å². The highest BCUT2D eigenvalue weighted by Gasteiger charge is 2.32. The molecular weight excluding hydrogens is 450 g/mol. The summed E-state index contributed by atoms with van der Waals surface area (Å²) in [4.78, 5) is 12.8. The SMILES string of the molecule is COc1cccc(Cn2c(C(=O)O)c(-c3ccc(C(C)(C)C)cc3)c3cc(C(O)C4CC4)ccc32)c1. The molecular formula is C31H33NO4. The third-order valence-electron chi connectivity index (χ3n) is 7.21. The third-order valence-corrected chi connectivity index (χ3v) is 7.21. The largest absolute Gasteiger partial charge is 0.497 e. The Bertz CT molecular complexity index is 1420. The zero-order valence-electron chi connectivity index (χ0n) is 21.3. The molecule has 1 atom stereocenters. The van der Waals surface area contributed by atoms with Gasteiger partial charge in [-0.15, -0.1) is 0 Å². The topological polar surface area (TPSA) is 71.7 Å². The second-order valence-corrected chi connectivity index (χ2v) is 10.9. The Kier molecular flexibility index (Phi) is 6.13. The van der Waals surface area contributed by atoms with Crippen molar-refractivity contribution in [3.63, 3.8) is 0 Å². The Morgan fingerprint density at radius 1 is 1.06 bits per heavy atom. The summed E-state index contributed by atoms with van der Waals surface area (Å²) < 4.78 is 7.26. The number of methoxy groups -OCH3 is 1. The van der Waals surface area contributed by atoms with Crippen LogP contribution in [-0.2, 0) is 12.0 Å². The Morgan fingerprint density at radius 3 is 2.39 bits per heavy atom. The number of hydrogen-bond donors (Lipinski definition) is 2. The zero-order chi connectivity index (χ0) is 25.6. The van der Waals surface area contributed by atoms with E-state index in [-0.39, 0.29) is 17.0 Å². The van der Waals surface area contributed by atoms with Gasteiger partial charge in [0, 0.05) is 23.0 Å². The summed E-state index contributed by atoms with van der Waals surface area (Å²) in [5.41, 5.74) is 5.59. The standard InChI is InChI=1S/C31H33NO4/c1-31(2,3)23-13-10-20(11-14-23)27-25-17-22(29(33)21-8-9-21)12-15-26(25)32(28(27)30(34)35)18-19-6-5-7-24(16-19)36-4/h5-7,10-17,21,29,33H,8-9,18H2,1-4H3,(H,34,35). The molecule has 5 rings (SSSR count). The summed E-state index contributed by atoms with van der Waals surface area (Å²) in [6, 6.07) is 21.8. The quantitative estimate of drug-likeness (QED) is 0.303. The number of aromatic nitrogens is 1. The van der Waals surface area contributed by atoms with Crippen LogP contribution in [0, 0.1) is 5.92 Å². The number of carboxylic acids is 1. The lowest BCUT2D eigenvalue weighted by atomic mass is 9.86. The van der Waals surface area contributed by atoms with Crippen molar-refractivity contribution < 1.29 is 19.7 Å². The smallest absolute Gasteiger partial charge is 0.353 e. The van der Waals surface area contributed by atoms with Gasteiger partial charge in [0.1, 0.15) is 11.4 Å². The molecule has 0 radical (unpaired) electrons. The van der Waals surface area contributed by atoms with Crippen molar-refractivity contribution in [2.24, 2.45) is 5.92 Å². The molecule has 1 aliphatic carbocycles. The summed E-state index contributed by atoms with van der Waals surface area (Å²) in [5, 5.41) is 22.1. The molecule has 0 amide bonds. The van der Waals surface area contributed by atoms with E-state index in [4.69, 9.17) is 4.74 Å². The minimum absolute atomic E-state index is 0.00390. The predicted octanol–water partition coefficient (Wildman–Crippen LogP) is 6.80. The average Bonchev–Trinajstić information content (AvgIpc) is 3.66. The number of aliphatic hydroxyl groups excluding tert-OH is 1. The normalized spacial score (nSPS) is 14.7. The van der Waals surface area contributed by atoms with Gasteiger partial charge in [-0.2, -0.15) is 0 Å². The number of ether oxygens (including phenoxy) is 1. The minimum atomic E-state index is -0.978. The van der Waals surface area contributed by atoms with Crippen LogP contribution >= 0.6 is 0 Å². The molecule has 5 heteroatoms. The van der Waals surface area contributed by atoms with E-state index in [1.54, 1.807) is 7.11 Å². The lowest BCUT2D eigenvalue weighted by molar-refractivity contribution is 0.0687. The van der Waals surface area contributed by atoms with Crippen molar-refractivity contribution in [3.05, 3.63) is 89.1 Å². The highest BCUT2D eigenvalue weighted by Crippen LogP contribution is 2.43. The summed E-state index contributed by atoms with van der Waals surface area (Å²) in [6.07, 6.45) is 1.52. The van der Waals surface area contributed by atoms with Crippen LogP contribution in [0.1, 0.15) is 66.9 Å². The van der Waals surface area contributed by atoms with Crippen LogP contribution in [0.15, 0.2) is 66.7 Å². The third kappa shape index (κ3) is 4.51. The summed E-state index contributed by atoms with van der Waals surface area (Å²) in [5.74, 6) is 0.0386. The van der Waals surface area contributed by atoms with Gasteiger partial charge in [0.2, 0.25) is 0 Å². The maximum atomic E-state index is 12.8. The average molecular weight is 484 g/mol. The minimum Gasteiger partial charge on any atom is -0.497 e. The summed E-state index contributed by atoms with van der Waals surface area (Å²) in [7, 11) is 1.62. The predicted molar refractivity (Wildman–Crippen MR) is 143 cm³/mol. The van der Waals surface area contributed by atoms with Crippen molar-refractivity contribution in [1.82, 2.24) is 4.57 Å². The van der Waals surface area contributed by atoms with Gasteiger partial charge >= 0.3 is 5.97 Å². The molecule has 1 unspecified atom stereocenters. The van der Waals surface area contributed by atoms with Crippen LogP contribution in [-0.4, -0.2) is 27.9 Å². The number of carboxylic acid groups (broad SMARTS) is 1. The van der Waals surface area contributed by atoms with Crippen LogP contribution < -0.4 is 4.74 Å². The van der Waals surface area contributed by atoms with Crippen LogP contribution in [0.25, 0.3) is 22.0 Å².